The van der Waals surface area contributed by atoms with Crippen molar-refractivity contribution in [1.29, 1.82) is 0 Å². The second-order valence-corrected chi connectivity index (χ2v) is 4.76. The molecule has 2 aliphatic carbocycles. The van der Waals surface area contributed by atoms with E-state index in [-0.39, 0.29) is 6.10 Å². The monoisotopic (exact) mass is 167 g/mol. The van der Waals surface area contributed by atoms with Crippen molar-refractivity contribution in [3.8, 4) is 0 Å². The largest absolute Gasteiger partial charge is 0.233 e. The van der Waals surface area contributed by atoms with Gasteiger partial charge >= 0.3 is 0 Å². The van der Waals surface area contributed by atoms with Crippen molar-refractivity contribution < 1.29 is 5.11 Å². The van der Waals surface area contributed by atoms with Gasteiger partial charge in [0.1, 0.15) is 0 Å². The Labute approximate surface area is 75.2 Å². The molecule has 69 valence electrons. The average molecular weight is 167 g/mol. The third kappa shape index (κ3) is 1.66. The maximum absolute atomic E-state index is 11.2. The molecule has 0 aliphatic heterocycles. The lowest BCUT2D eigenvalue weighted by Crippen LogP contribution is -2.31. The molecule has 0 saturated heterocycles. The van der Waals surface area contributed by atoms with Crippen molar-refractivity contribution >= 4 is 0 Å². The van der Waals surface area contributed by atoms with Crippen LogP contribution in [0.1, 0.15) is 57.8 Å². The Balaban J connectivity index is 1.92. The van der Waals surface area contributed by atoms with Gasteiger partial charge in [-0.15, -0.1) is 0 Å². The van der Waals surface area contributed by atoms with E-state index in [0.29, 0.717) is 5.41 Å². The highest BCUT2D eigenvalue weighted by Crippen LogP contribution is 2.47. The molecule has 0 unspecified atom stereocenters. The van der Waals surface area contributed by atoms with Gasteiger partial charge in [0.25, 0.3) is 0 Å². The fourth-order valence-corrected chi connectivity index (χ4v) is 3.01. The van der Waals surface area contributed by atoms with Crippen LogP contribution >= 0.6 is 0 Å². The molecule has 1 heteroatoms. The Morgan fingerprint density at radius 3 is 2.00 bits per heavy atom. The molecule has 1 spiro atoms. The molecule has 0 heterocycles. The second kappa shape index (κ2) is 3.37. The SMILES string of the molecule is [O]C1CCC2(CCCCC2)CC1. The molecule has 1 nitrogen and oxygen atoms in total. The van der Waals surface area contributed by atoms with E-state index < -0.39 is 0 Å². The Kier molecular flexibility index (Phi) is 2.40. The van der Waals surface area contributed by atoms with E-state index in [1.165, 1.54) is 44.9 Å². The predicted molar refractivity (Wildman–Crippen MR) is 48.5 cm³/mol. The maximum atomic E-state index is 11.2. The zero-order valence-electron chi connectivity index (χ0n) is 7.85. The Morgan fingerprint density at radius 2 is 1.42 bits per heavy atom. The molecule has 0 bridgehead atoms. The van der Waals surface area contributed by atoms with Crippen LogP contribution in [0, 0.1) is 5.41 Å². The van der Waals surface area contributed by atoms with Crippen LogP contribution < -0.4 is 0 Å². The van der Waals surface area contributed by atoms with E-state index >= 15 is 0 Å². The fourth-order valence-electron chi connectivity index (χ4n) is 3.01. The van der Waals surface area contributed by atoms with Crippen LogP contribution in [0.3, 0.4) is 0 Å². The first kappa shape index (κ1) is 8.55. The van der Waals surface area contributed by atoms with Crippen LogP contribution in [0.15, 0.2) is 0 Å². The lowest BCUT2D eigenvalue weighted by atomic mass is 9.65. The molecule has 12 heavy (non-hydrogen) atoms. The van der Waals surface area contributed by atoms with Gasteiger partial charge in [0.05, 0.1) is 6.10 Å². The van der Waals surface area contributed by atoms with Crippen molar-refractivity contribution in [2.75, 3.05) is 0 Å². The molecule has 2 aliphatic rings. The van der Waals surface area contributed by atoms with E-state index in [1.54, 1.807) is 0 Å². The van der Waals surface area contributed by atoms with Gasteiger partial charge in [-0.3, -0.25) is 0 Å². The fraction of sp³-hybridized carbons (Fsp3) is 1.00. The summed E-state index contributed by atoms with van der Waals surface area (Å²) in [5, 5.41) is 11.2. The molecule has 0 atom stereocenters. The highest BCUT2D eigenvalue weighted by Gasteiger charge is 2.35. The molecular weight excluding hydrogens is 148 g/mol. The normalized spacial score (nSPS) is 30.8. The summed E-state index contributed by atoms with van der Waals surface area (Å²) in [6.07, 6.45) is 11.3. The second-order valence-electron chi connectivity index (χ2n) is 4.76. The van der Waals surface area contributed by atoms with Gasteiger partial charge in [0.15, 0.2) is 0 Å². The first-order valence-electron chi connectivity index (χ1n) is 5.47. The molecule has 1 radical (unpaired) electrons. The summed E-state index contributed by atoms with van der Waals surface area (Å²) in [5.74, 6) is 0. The quantitative estimate of drug-likeness (QED) is 0.527. The lowest BCUT2D eigenvalue weighted by Gasteiger charge is -2.41. The summed E-state index contributed by atoms with van der Waals surface area (Å²) in [5.41, 5.74) is 0.638. The summed E-state index contributed by atoms with van der Waals surface area (Å²) < 4.78 is 0. The molecule has 0 N–H and O–H groups in total. The molecular formula is C11H19O. The average Bonchev–Trinajstić information content (AvgIpc) is 2.13. The van der Waals surface area contributed by atoms with Crippen molar-refractivity contribution in [3.05, 3.63) is 0 Å². The highest BCUT2D eigenvalue weighted by atomic mass is 16.3. The zero-order chi connectivity index (χ0) is 8.44. The summed E-state index contributed by atoms with van der Waals surface area (Å²) in [7, 11) is 0. The van der Waals surface area contributed by atoms with Crippen molar-refractivity contribution in [1.82, 2.24) is 0 Å². The van der Waals surface area contributed by atoms with Gasteiger partial charge in [0, 0.05) is 0 Å². The highest BCUT2D eigenvalue weighted by molar-refractivity contribution is 4.87. The molecule has 2 rings (SSSR count). The smallest absolute Gasteiger partial charge is 0.0930 e. The third-order valence-corrected chi connectivity index (χ3v) is 3.91. The van der Waals surface area contributed by atoms with E-state index in [4.69, 9.17) is 0 Å². The summed E-state index contributed by atoms with van der Waals surface area (Å²) >= 11 is 0. The molecule has 0 aromatic carbocycles. The van der Waals surface area contributed by atoms with Gasteiger partial charge in [-0.1, -0.05) is 19.3 Å². The summed E-state index contributed by atoms with van der Waals surface area (Å²) in [4.78, 5) is 0. The van der Waals surface area contributed by atoms with Gasteiger partial charge in [-0.05, 0) is 43.9 Å². The van der Waals surface area contributed by atoms with Crippen molar-refractivity contribution in [2.24, 2.45) is 5.41 Å². The Hall–Kier alpha value is -0.0400. The first-order valence-corrected chi connectivity index (χ1v) is 5.47. The van der Waals surface area contributed by atoms with E-state index in [0.717, 1.165) is 12.8 Å². The zero-order valence-corrected chi connectivity index (χ0v) is 7.85. The topological polar surface area (TPSA) is 19.9 Å². The van der Waals surface area contributed by atoms with Crippen LogP contribution in [-0.4, -0.2) is 6.10 Å². The van der Waals surface area contributed by atoms with Gasteiger partial charge in [-0.2, -0.15) is 0 Å². The lowest BCUT2D eigenvalue weighted by molar-refractivity contribution is 0.0000660. The van der Waals surface area contributed by atoms with Crippen LogP contribution in [-0.2, 0) is 5.11 Å². The van der Waals surface area contributed by atoms with Gasteiger partial charge < -0.3 is 0 Å². The van der Waals surface area contributed by atoms with Gasteiger partial charge in [-0.25, -0.2) is 5.11 Å². The Bertz CT molecular complexity index is 137. The van der Waals surface area contributed by atoms with E-state index in [9.17, 15) is 5.11 Å². The maximum Gasteiger partial charge on any atom is 0.0930 e. The van der Waals surface area contributed by atoms with Crippen LogP contribution in [0.25, 0.3) is 0 Å². The minimum Gasteiger partial charge on any atom is -0.233 e. The minimum absolute atomic E-state index is 0.224. The number of hydrogen-bond acceptors (Lipinski definition) is 0. The minimum atomic E-state index is -0.224. The van der Waals surface area contributed by atoms with Crippen LogP contribution in [0.2, 0.25) is 0 Å². The van der Waals surface area contributed by atoms with Crippen molar-refractivity contribution in [2.45, 2.75) is 63.9 Å². The third-order valence-electron chi connectivity index (χ3n) is 3.91. The predicted octanol–water partition coefficient (Wildman–Crippen LogP) is 3.31. The Morgan fingerprint density at radius 1 is 0.833 bits per heavy atom. The van der Waals surface area contributed by atoms with Crippen LogP contribution in [0.5, 0.6) is 0 Å². The van der Waals surface area contributed by atoms with E-state index in [1.807, 2.05) is 0 Å². The number of hydrogen-bond donors (Lipinski definition) is 0. The molecule has 2 saturated carbocycles. The van der Waals surface area contributed by atoms with Crippen LogP contribution in [0.4, 0.5) is 0 Å². The molecule has 0 aromatic heterocycles. The number of rotatable bonds is 0. The first-order chi connectivity index (χ1) is 5.81. The standard InChI is InChI=1S/C11H19O/c12-10-4-8-11(9-5-10)6-2-1-3-7-11/h10H,1-9H2. The van der Waals surface area contributed by atoms with Crippen molar-refractivity contribution in [3.63, 3.8) is 0 Å². The summed E-state index contributed by atoms with van der Waals surface area (Å²) in [6.45, 7) is 0. The molecule has 0 amide bonds. The molecule has 0 aromatic rings. The summed E-state index contributed by atoms with van der Waals surface area (Å²) in [6, 6.07) is 0. The van der Waals surface area contributed by atoms with Gasteiger partial charge in [0.2, 0.25) is 0 Å². The molecule has 2 fully saturated rings. The van der Waals surface area contributed by atoms with E-state index in [2.05, 4.69) is 0 Å².